The van der Waals surface area contributed by atoms with Crippen molar-refractivity contribution in [3.8, 4) is 5.75 Å². The number of nitro benzene ring substituents is 1. The molecule has 4 nitrogen and oxygen atoms in total. The van der Waals surface area contributed by atoms with E-state index in [9.17, 15) is 23.3 Å². The van der Waals surface area contributed by atoms with Crippen LogP contribution in [-0.4, -0.2) is 11.3 Å². The number of hydrogen-bond acceptors (Lipinski definition) is 3. The average molecular weight is 235 g/mol. The van der Waals surface area contributed by atoms with E-state index in [-0.39, 0.29) is 17.7 Å². The van der Waals surface area contributed by atoms with Crippen molar-refractivity contribution >= 4 is 5.69 Å². The zero-order chi connectivity index (χ0) is 12.3. The first-order valence-electron chi connectivity index (χ1n) is 4.36. The summed E-state index contributed by atoms with van der Waals surface area (Å²) in [5.74, 6) is -0.449. The highest BCUT2D eigenvalue weighted by atomic mass is 19.4. The van der Waals surface area contributed by atoms with E-state index in [0.717, 1.165) is 18.2 Å². The SMILES string of the molecule is CCc1cc(OC(F)(F)F)ccc1[N+](=O)[O-]. The lowest BCUT2D eigenvalue weighted by Gasteiger charge is -2.09. The van der Waals surface area contributed by atoms with Gasteiger partial charge in [0.1, 0.15) is 5.75 Å². The van der Waals surface area contributed by atoms with Crippen LogP contribution in [0.25, 0.3) is 0 Å². The average Bonchev–Trinajstić information content (AvgIpc) is 2.14. The quantitative estimate of drug-likeness (QED) is 0.597. The van der Waals surface area contributed by atoms with Crippen LogP contribution < -0.4 is 4.74 Å². The van der Waals surface area contributed by atoms with Crippen LogP contribution in [-0.2, 0) is 6.42 Å². The second kappa shape index (κ2) is 4.38. The molecule has 7 heteroatoms. The molecule has 0 saturated heterocycles. The Balaban J connectivity index is 3.05. The van der Waals surface area contributed by atoms with E-state index in [1.807, 2.05) is 0 Å². The van der Waals surface area contributed by atoms with Crippen molar-refractivity contribution in [2.24, 2.45) is 0 Å². The summed E-state index contributed by atoms with van der Waals surface area (Å²) < 4.78 is 39.3. The Bertz CT molecular complexity index is 403. The highest BCUT2D eigenvalue weighted by Gasteiger charge is 2.31. The van der Waals surface area contributed by atoms with E-state index in [4.69, 9.17) is 0 Å². The fourth-order valence-electron chi connectivity index (χ4n) is 1.22. The third kappa shape index (κ3) is 3.11. The van der Waals surface area contributed by atoms with E-state index in [1.165, 1.54) is 0 Å². The van der Waals surface area contributed by atoms with Gasteiger partial charge in [0.25, 0.3) is 5.69 Å². The van der Waals surface area contributed by atoms with Crippen molar-refractivity contribution in [1.82, 2.24) is 0 Å². The van der Waals surface area contributed by atoms with Gasteiger partial charge in [-0.05, 0) is 18.6 Å². The standard InChI is InChI=1S/C9H8F3NO3/c1-2-6-5-7(16-9(10,11)12)3-4-8(6)13(14)15/h3-5H,2H2,1H3. The van der Waals surface area contributed by atoms with Crippen LogP contribution in [0.3, 0.4) is 0 Å². The van der Waals surface area contributed by atoms with Gasteiger partial charge in [-0.2, -0.15) is 0 Å². The largest absolute Gasteiger partial charge is 0.573 e. The number of nitro groups is 1. The second-order valence-electron chi connectivity index (χ2n) is 2.95. The van der Waals surface area contributed by atoms with Crippen molar-refractivity contribution in [1.29, 1.82) is 0 Å². The minimum Gasteiger partial charge on any atom is -0.406 e. The zero-order valence-electron chi connectivity index (χ0n) is 8.25. The Morgan fingerprint density at radius 1 is 1.44 bits per heavy atom. The Morgan fingerprint density at radius 3 is 2.50 bits per heavy atom. The minimum atomic E-state index is -4.79. The summed E-state index contributed by atoms with van der Waals surface area (Å²) in [7, 11) is 0. The lowest BCUT2D eigenvalue weighted by atomic mass is 10.1. The molecule has 0 heterocycles. The number of alkyl halides is 3. The van der Waals surface area contributed by atoms with Crippen LogP contribution in [0.15, 0.2) is 18.2 Å². The fraction of sp³-hybridized carbons (Fsp3) is 0.333. The van der Waals surface area contributed by atoms with Crippen molar-refractivity contribution in [2.75, 3.05) is 0 Å². The summed E-state index contributed by atoms with van der Waals surface area (Å²) in [6, 6.07) is 2.94. The van der Waals surface area contributed by atoms with E-state index in [0.29, 0.717) is 0 Å². The molecule has 0 fully saturated rings. The molecule has 0 aliphatic rings. The fourth-order valence-corrected chi connectivity index (χ4v) is 1.22. The maximum absolute atomic E-state index is 11.9. The van der Waals surface area contributed by atoms with E-state index in [1.54, 1.807) is 6.92 Å². The van der Waals surface area contributed by atoms with Crippen molar-refractivity contribution < 1.29 is 22.8 Å². The third-order valence-corrected chi connectivity index (χ3v) is 1.86. The van der Waals surface area contributed by atoms with E-state index in [2.05, 4.69) is 4.74 Å². The molecule has 0 aliphatic carbocycles. The molecular weight excluding hydrogens is 227 g/mol. The molecule has 0 saturated carbocycles. The van der Waals surface area contributed by atoms with E-state index < -0.39 is 17.0 Å². The molecule has 0 amide bonds. The summed E-state index contributed by atoms with van der Waals surface area (Å²) in [4.78, 5) is 9.88. The van der Waals surface area contributed by atoms with Crippen LogP contribution in [0, 0.1) is 10.1 Å². The number of aryl methyl sites for hydroxylation is 1. The predicted molar refractivity (Wildman–Crippen MR) is 49.2 cm³/mol. The van der Waals surface area contributed by atoms with Crippen LogP contribution in [0.2, 0.25) is 0 Å². The van der Waals surface area contributed by atoms with Gasteiger partial charge in [-0.3, -0.25) is 10.1 Å². The summed E-state index contributed by atoms with van der Waals surface area (Å²) in [5, 5.41) is 10.5. The summed E-state index contributed by atoms with van der Waals surface area (Å²) >= 11 is 0. The number of rotatable bonds is 3. The number of hydrogen-bond donors (Lipinski definition) is 0. The molecule has 1 aromatic carbocycles. The van der Waals surface area contributed by atoms with Crippen LogP contribution in [0.4, 0.5) is 18.9 Å². The van der Waals surface area contributed by atoms with Gasteiger partial charge in [0.2, 0.25) is 0 Å². The van der Waals surface area contributed by atoms with Crippen molar-refractivity contribution in [3.05, 3.63) is 33.9 Å². The molecule has 0 N–H and O–H groups in total. The lowest BCUT2D eigenvalue weighted by Crippen LogP contribution is -2.17. The first-order valence-corrected chi connectivity index (χ1v) is 4.36. The number of benzene rings is 1. The van der Waals surface area contributed by atoms with Crippen molar-refractivity contribution in [2.45, 2.75) is 19.7 Å². The van der Waals surface area contributed by atoms with Crippen LogP contribution >= 0.6 is 0 Å². The van der Waals surface area contributed by atoms with Gasteiger partial charge in [-0.15, -0.1) is 13.2 Å². The normalized spacial score (nSPS) is 11.2. The first kappa shape index (κ1) is 12.3. The number of ether oxygens (including phenoxy) is 1. The summed E-state index contributed by atoms with van der Waals surface area (Å²) in [6.07, 6.45) is -4.54. The van der Waals surface area contributed by atoms with Gasteiger partial charge in [0.15, 0.2) is 0 Å². The molecule has 0 radical (unpaired) electrons. The number of nitrogens with zero attached hydrogens (tertiary/aromatic N) is 1. The molecule has 16 heavy (non-hydrogen) atoms. The maximum Gasteiger partial charge on any atom is 0.573 e. The van der Waals surface area contributed by atoms with Crippen LogP contribution in [0.1, 0.15) is 12.5 Å². The monoisotopic (exact) mass is 235 g/mol. The molecular formula is C9H8F3NO3. The third-order valence-electron chi connectivity index (χ3n) is 1.86. The Morgan fingerprint density at radius 2 is 2.06 bits per heavy atom. The Hall–Kier alpha value is -1.79. The Kier molecular flexibility index (Phi) is 3.36. The van der Waals surface area contributed by atoms with Gasteiger partial charge in [-0.25, -0.2) is 0 Å². The van der Waals surface area contributed by atoms with E-state index >= 15 is 0 Å². The molecule has 0 aliphatic heterocycles. The molecule has 0 atom stereocenters. The minimum absolute atomic E-state index is 0.201. The predicted octanol–water partition coefficient (Wildman–Crippen LogP) is 3.06. The highest BCUT2D eigenvalue weighted by molar-refractivity contribution is 5.45. The second-order valence-corrected chi connectivity index (χ2v) is 2.95. The first-order chi connectivity index (χ1) is 7.33. The zero-order valence-corrected chi connectivity index (χ0v) is 8.25. The molecule has 0 bridgehead atoms. The van der Waals surface area contributed by atoms with Crippen LogP contribution in [0.5, 0.6) is 5.75 Å². The summed E-state index contributed by atoms with van der Waals surface area (Å²) in [5.41, 5.74) is -0.0104. The van der Waals surface area contributed by atoms with Gasteiger partial charge in [-0.1, -0.05) is 6.92 Å². The molecule has 88 valence electrons. The molecule has 0 unspecified atom stereocenters. The van der Waals surface area contributed by atoms with Gasteiger partial charge < -0.3 is 4.74 Å². The van der Waals surface area contributed by atoms with Crippen molar-refractivity contribution in [3.63, 3.8) is 0 Å². The number of halogens is 3. The lowest BCUT2D eigenvalue weighted by molar-refractivity contribution is -0.385. The Labute approximate surface area is 88.8 Å². The smallest absolute Gasteiger partial charge is 0.406 e. The van der Waals surface area contributed by atoms with Gasteiger partial charge >= 0.3 is 6.36 Å². The molecule has 0 aromatic heterocycles. The van der Waals surface area contributed by atoms with Gasteiger partial charge in [0, 0.05) is 11.6 Å². The molecule has 0 spiro atoms. The topological polar surface area (TPSA) is 52.4 Å². The molecule has 1 rings (SSSR count). The molecule has 1 aromatic rings. The maximum atomic E-state index is 11.9. The van der Waals surface area contributed by atoms with Gasteiger partial charge in [0.05, 0.1) is 4.92 Å². The highest BCUT2D eigenvalue weighted by Crippen LogP contribution is 2.28. The summed E-state index contributed by atoms with van der Waals surface area (Å²) in [6.45, 7) is 1.61.